The zero-order chi connectivity index (χ0) is 40.8. The highest BCUT2D eigenvalue weighted by molar-refractivity contribution is 6.74. The summed E-state index contributed by atoms with van der Waals surface area (Å²) in [5.74, 6) is 0.0537. The fourth-order valence-corrected chi connectivity index (χ4v) is 8.17. The molecule has 7 nitrogen and oxygen atoms in total. The third-order valence-electron chi connectivity index (χ3n) is 11.4. The van der Waals surface area contributed by atoms with Crippen molar-refractivity contribution in [3.05, 3.63) is 93.8 Å². The molecule has 54 heavy (non-hydrogen) atoms. The summed E-state index contributed by atoms with van der Waals surface area (Å²) in [5.41, 5.74) is 4.67. The van der Waals surface area contributed by atoms with Gasteiger partial charge >= 0.3 is 0 Å². The van der Waals surface area contributed by atoms with Crippen LogP contribution >= 0.6 is 0 Å². The minimum absolute atomic E-state index is 0.0537. The van der Waals surface area contributed by atoms with Crippen LogP contribution in [-0.2, 0) is 13.6 Å². The van der Waals surface area contributed by atoms with Crippen LogP contribution in [0.5, 0.6) is 0 Å². The molecule has 0 aromatic heterocycles. The quantitative estimate of drug-likeness (QED) is 0.145. The molecule has 1 aliphatic carbocycles. The van der Waals surface area contributed by atoms with Crippen molar-refractivity contribution in [1.29, 1.82) is 15.8 Å². The van der Waals surface area contributed by atoms with Crippen LogP contribution in [0.25, 0.3) is 6.08 Å². The predicted molar refractivity (Wildman–Crippen MR) is 228 cm³/mol. The number of hydrogen-bond donors (Lipinski definition) is 0. The molecule has 0 N–H and O–H groups in total. The highest BCUT2D eigenvalue weighted by atomic mass is 28.4. The molecule has 2 aliphatic rings. The Labute approximate surface area is 329 Å². The monoisotopic (exact) mass is 764 g/mol. The molecule has 0 bridgehead atoms. The van der Waals surface area contributed by atoms with Crippen molar-refractivity contribution in [2.24, 2.45) is 5.41 Å². The summed E-state index contributed by atoms with van der Waals surface area (Å²) < 4.78 is 19.1. The lowest BCUT2D eigenvalue weighted by Gasteiger charge is -2.38. The molecule has 0 saturated carbocycles. The number of ether oxygens (including phenoxy) is 1. The summed E-state index contributed by atoms with van der Waals surface area (Å²) in [4.78, 5) is 2.40. The summed E-state index contributed by atoms with van der Waals surface area (Å²) in [7, 11) is -3.71. The van der Waals surface area contributed by atoms with E-state index in [0.717, 1.165) is 31.5 Å². The lowest BCUT2D eigenvalue weighted by Crippen LogP contribution is -2.44. The Hall–Kier alpha value is -3.92. The van der Waals surface area contributed by atoms with E-state index in [1.165, 1.54) is 16.8 Å². The van der Waals surface area contributed by atoms with Crippen LogP contribution in [0, 0.1) is 39.4 Å². The topological polar surface area (TPSA) is 102 Å². The minimum Gasteiger partial charge on any atom is -0.480 e. The number of rotatable bonds is 13. The largest absolute Gasteiger partial charge is 0.480 e. The molecule has 0 amide bonds. The van der Waals surface area contributed by atoms with E-state index in [1.807, 2.05) is 38.1 Å². The van der Waals surface area contributed by atoms with E-state index < -0.39 is 22.2 Å². The standard InChI is InChI=1S/C45H64N4O3Si2/c1-42(2,3)53(11,12)50-26-24-49(25-27-51-54(13,14)43(4,5)6)38-22-20-34(21-23-38)18-19-36-28-35(29-44(7,8)30-36)16-15-17-40-39(33-48)41(37(31-46)32-47)52-45(40,9)10/h15-23,28H,24-27,29-30H2,1-14H3/b17-15?,19-18+,35-16?. The number of nitrogens with zero attached hydrogens (tertiary/aromatic N) is 4. The van der Waals surface area contributed by atoms with Crippen molar-refractivity contribution in [3.8, 4) is 18.2 Å². The van der Waals surface area contributed by atoms with Gasteiger partial charge in [0, 0.05) is 24.4 Å². The van der Waals surface area contributed by atoms with E-state index in [9.17, 15) is 15.8 Å². The van der Waals surface area contributed by atoms with Gasteiger partial charge in [0.1, 0.15) is 29.4 Å². The molecule has 0 saturated heterocycles. The van der Waals surface area contributed by atoms with Gasteiger partial charge in [0.2, 0.25) is 0 Å². The lowest BCUT2D eigenvalue weighted by atomic mass is 9.75. The first-order valence-corrected chi connectivity index (χ1v) is 25.0. The molecule has 0 atom stereocenters. The fourth-order valence-electron chi connectivity index (χ4n) is 6.10. The van der Waals surface area contributed by atoms with Crippen molar-refractivity contribution in [3.63, 3.8) is 0 Å². The van der Waals surface area contributed by atoms with Crippen molar-refractivity contribution in [1.82, 2.24) is 0 Å². The molecule has 1 aliphatic heterocycles. The molecule has 0 unspecified atom stereocenters. The summed E-state index contributed by atoms with van der Waals surface area (Å²) in [6.07, 6.45) is 14.4. The lowest BCUT2D eigenvalue weighted by molar-refractivity contribution is 0.0954. The van der Waals surface area contributed by atoms with E-state index in [4.69, 9.17) is 13.6 Å². The molecule has 0 spiro atoms. The molecular weight excluding hydrogens is 701 g/mol. The van der Waals surface area contributed by atoms with Gasteiger partial charge in [-0.25, -0.2) is 0 Å². The SMILES string of the molecule is CC1(C)CC(=CC=CC2=C(C#N)C(=C(C#N)C#N)OC2(C)C)C=C(/C=C/c2ccc(N(CCO[Si](C)(C)C(C)(C)C)CCO[Si](C)(C)C(C)(C)C)cc2)C1. The van der Waals surface area contributed by atoms with Gasteiger partial charge in [-0.05, 0) is 97.2 Å². The average Bonchev–Trinajstić information content (AvgIpc) is 3.30. The summed E-state index contributed by atoms with van der Waals surface area (Å²) in [5, 5.41) is 29.0. The minimum atomic E-state index is -1.86. The molecule has 1 aromatic rings. The van der Waals surface area contributed by atoms with Gasteiger partial charge in [0.05, 0.1) is 13.2 Å². The van der Waals surface area contributed by atoms with Gasteiger partial charge in [0.15, 0.2) is 28.0 Å². The Bertz CT molecular complexity index is 1790. The second kappa shape index (κ2) is 17.3. The number of benzene rings is 1. The second-order valence-electron chi connectivity index (χ2n) is 18.9. The number of allylic oxidation sites excluding steroid dienone is 8. The number of anilines is 1. The van der Waals surface area contributed by atoms with Gasteiger partial charge < -0.3 is 18.5 Å². The Kier molecular flexibility index (Phi) is 14.2. The number of hydrogen-bond acceptors (Lipinski definition) is 7. The Morgan fingerprint density at radius 2 is 1.35 bits per heavy atom. The Balaban J connectivity index is 1.82. The normalized spacial score (nSPS) is 18.4. The highest BCUT2D eigenvalue weighted by Gasteiger charge is 2.40. The molecule has 3 rings (SSSR count). The van der Waals surface area contributed by atoms with E-state index in [-0.39, 0.29) is 32.4 Å². The summed E-state index contributed by atoms with van der Waals surface area (Å²) in [6, 6.07) is 14.6. The maximum atomic E-state index is 9.88. The van der Waals surface area contributed by atoms with Crippen LogP contribution < -0.4 is 4.90 Å². The molecule has 0 fully saturated rings. The molecule has 1 aromatic carbocycles. The first-order valence-electron chi connectivity index (χ1n) is 19.1. The van der Waals surface area contributed by atoms with Crippen LogP contribution in [0.3, 0.4) is 0 Å². The highest BCUT2D eigenvalue weighted by Crippen LogP contribution is 2.42. The van der Waals surface area contributed by atoms with Gasteiger partial charge in [-0.2, -0.15) is 15.8 Å². The second-order valence-corrected chi connectivity index (χ2v) is 28.5. The summed E-state index contributed by atoms with van der Waals surface area (Å²) in [6.45, 7) is 34.2. The van der Waals surface area contributed by atoms with E-state index in [0.29, 0.717) is 18.8 Å². The van der Waals surface area contributed by atoms with Gasteiger partial charge in [-0.1, -0.05) is 104 Å². The van der Waals surface area contributed by atoms with Crippen LogP contribution in [0.1, 0.15) is 87.6 Å². The molecule has 0 radical (unpaired) electrons. The van der Waals surface area contributed by atoms with Crippen molar-refractivity contribution in [2.75, 3.05) is 31.2 Å². The summed E-state index contributed by atoms with van der Waals surface area (Å²) >= 11 is 0. The third kappa shape index (κ3) is 11.5. The van der Waals surface area contributed by atoms with Crippen molar-refractivity contribution in [2.45, 2.75) is 124 Å². The molecular formula is C45H64N4O3Si2. The van der Waals surface area contributed by atoms with E-state index >= 15 is 0 Å². The van der Waals surface area contributed by atoms with Crippen LogP contribution in [0.2, 0.25) is 36.3 Å². The zero-order valence-corrected chi connectivity index (χ0v) is 37.5. The fraction of sp³-hybridized carbons (Fsp3) is 0.533. The van der Waals surface area contributed by atoms with Gasteiger partial charge in [-0.15, -0.1) is 0 Å². The number of nitriles is 3. The van der Waals surface area contributed by atoms with Crippen molar-refractivity contribution < 1.29 is 13.6 Å². The van der Waals surface area contributed by atoms with E-state index in [2.05, 4.69) is 141 Å². The van der Waals surface area contributed by atoms with Crippen LogP contribution in [0.15, 0.2) is 88.3 Å². The Morgan fingerprint density at radius 1 is 0.815 bits per heavy atom. The van der Waals surface area contributed by atoms with Gasteiger partial charge in [-0.3, -0.25) is 0 Å². The smallest absolute Gasteiger partial charge is 0.192 e. The van der Waals surface area contributed by atoms with Crippen LogP contribution in [0.4, 0.5) is 5.69 Å². The molecule has 290 valence electrons. The van der Waals surface area contributed by atoms with Crippen molar-refractivity contribution >= 4 is 28.4 Å². The first-order chi connectivity index (χ1) is 24.9. The molecule has 9 heteroatoms. The molecule has 1 heterocycles. The van der Waals surface area contributed by atoms with E-state index in [1.54, 1.807) is 0 Å². The third-order valence-corrected chi connectivity index (χ3v) is 20.5. The average molecular weight is 765 g/mol. The van der Waals surface area contributed by atoms with Gasteiger partial charge in [0.25, 0.3) is 0 Å². The maximum absolute atomic E-state index is 9.88. The van der Waals surface area contributed by atoms with Crippen LogP contribution in [-0.4, -0.2) is 48.5 Å². The zero-order valence-electron chi connectivity index (χ0n) is 35.5. The first kappa shape index (κ1) is 44.5. The Morgan fingerprint density at radius 3 is 1.83 bits per heavy atom. The predicted octanol–water partition coefficient (Wildman–Crippen LogP) is 11.7. The maximum Gasteiger partial charge on any atom is 0.192 e.